The SMILES string of the molecule is CC(CCC(=O)OCC(=O)OC(C)(C)C)C1CCC2C3C(O)CC4CCCCC4(C)C3CC(O)C12C. The van der Waals surface area contributed by atoms with E-state index in [1.807, 2.05) is 0 Å². The van der Waals surface area contributed by atoms with E-state index in [0.717, 1.165) is 25.7 Å². The molecule has 2 N–H and O–H groups in total. The fourth-order valence-corrected chi connectivity index (χ4v) is 9.32. The van der Waals surface area contributed by atoms with Gasteiger partial charge in [-0.3, -0.25) is 4.79 Å². The molecule has 0 aliphatic heterocycles. The Morgan fingerprint density at radius 3 is 2.42 bits per heavy atom. The summed E-state index contributed by atoms with van der Waals surface area (Å²) < 4.78 is 10.4. The molecule has 4 aliphatic rings. The number of carbonyl (C=O) groups excluding carboxylic acids is 2. The van der Waals surface area contributed by atoms with Crippen LogP contribution in [0.5, 0.6) is 0 Å². The third kappa shape index (κ3) is 5.10. The first-order valence-corrected chi connectivity index (χ1v) is 14.5. The lowest BCUT2D eigenvalue weighted by Crippen LogP contribution is -2.61. The Morgan fingerprint density at radius 2 is 1.72 bits per heavy atom. The molecule has 0 radical (unpaired) electrons. The third-order valence-electron chi connectivity index (χ3n) is 11.0. The Labute approximate surface area is 217 Å². The molecular weight excluding hydrogens is 456 g/mol. The monoisotopic (exact) mass is 506 g/mol. The van der Waals surface area contributed by atoms with Crippen LogP contribution in [0.1, 0.15) is 106 Å². The summed E-state index contributed by atoms with van der Waals surface area (Å²) in [5.41, 5.74) is -0.598. The maximum absolute atomic E-state index is 12.3. The zero-order valence-electron chi connectivity index (χ0n) is 23.4. The number of hydrogen-bond donors (Lipinski definition) is 2. The molecule has 4 saturated carbocycles. The first-order chi connectivity index (χ1) is 16.8. The number of fused-ring (bicyclic) bond motifs is 5. The van der Waals surface area contributed by atoms with Gasteiger partial charge in [-0.05, 0) is 112 Å². The van der Waals surface area contributed by atoms with Crippen LogP contribution < -0.4 is 0 Å². The number of ether oxygens (including phenoxy) is 2. The van der Waals surface area contributed by atoms with Crippen LogP contribution in [-0.4, -0.2) is 46.6 Å². The summed E-state index contributed by atoms with van der Waals surface area (Å²) in [7, 11) is 0. The molecule has 36 heavy (non-hydrogen) atoms. The van der Waals surface area contributed by atoms with Crippen molar-refractivity contribution < 1.29 is 29.3 Å². The number of carbonyl (C=O) groups is 2. The van der Waals surface area contributed by atoms with E-state index in [9.17, 15) is 19.8 Å². The van der Waals surface area contributed by atoms with Crippen molar-refractivity contribution in [1.82, 2.24) is 0 Å². The van der Waals surface area contributed by atoms with Crippen LogP contribution in [0.4, 0.5) is 0 Å². The Balaban J connectivity index is 1.38. The summed E-state index contributed by atoms with van der Waals surface area (Å²) in [5.74, 6) is 1.23. The van der Waals surface area contributed by atoms with Crippen LogP contribution in [-0.2, 0) is 19.1 Å². The summed E-state index contributed by atoms with van der Waals surface area (Å²) >= 11 is 0. The summed E-state index contributed by atoms with van der Waals surface area (Å²) in [4.78, 5) is 24.2. The molecule has 4 fully saturated rings. The summed E-state index contributed by atoms with van der Waals surface area (Å²) in [5, 5.41) is 23.1. The summed E-state index contributed by atoms with van der Waals surface area (Å²) in [6.07, 6.45) is 9.07. The smallest absolute Gasteiger partial charge is 0.344 e. The molecule has 0 amide bonds. The van der Waals surface area contributed by atoms with Gasteiger partial charge in [-0.1, -0.05) is 33.6 Å². The zero-order valence-corrected chi connectivity index (χ0v) is 23.4. The molecule has 10 unspecified atom stereocenters. The van der Waals surface area contributed by atoms with Crippen molar-refractivity contribution in [2.24, 2.45) is 46.3 Å². The standard InChI is InChI=1S/C30H50O6/c1-18(10-13-25(33)35-17-26(34)36-28(2,3)4)20-11-12-21-27-22(16-24(32)30(20,21)6)29(5)14-8-7-9-19(29)15-23(27)31/h18-24,27,31-32H,7-17H2,1-6H3. The molecule has 0 bridgehead atoms. The maximum Gasteiger partial charge on any atom is 0.344 e. The Kier molecular flexibility index (Phi) is 7.90. The molecule has 6 nitrogen and oxygen atoms in total. The minimum absolute atomic E-state index is 0.236. The first-order valence-electron chi connectivity index (χ1n) is 14.5. The average Bonchev–Trinajstić information content (AvgIpc) is 3.14. The largest absolute Gasteiger partial charge is 0.457 e. The lowest BCUT2D eigenvalue weighted by Gasteiger charge is -2.63. The molecule has 4 aliphatic carbocycles. The third-order valence-corrected chi connectivity index (χ3v) is 11.0. The van der Waals surface area contributed by atoms with Crippen LogP contribution in [0.3, 0.4) is 0 Å². The van der Waals surface area contributed by atoms with Gasteiger partial charge in [0.15, 0.2) is 6.61 Å². The van der Waals surface area contributed by atoms with Crippen molar-refractivity contribution in [1.29, 1.82) is 0 Å². The van der Waals surface area contributed by atoms with E-state index in [1.165, 1.54) is 25.7 Å². The minimum Gasteiger partial charge on any atom is -0.457 e. The molecule has 0 saturated heterocycles. The van der Waals surface area contributed by atoms with E-state index in [-0.39, 0.29) is 53.9 Å². The van der Waals surface area contributed by atoms with Gasteiger partial charge in [-0.15, -0.1) is 0 Å². The van der Waals surface area contributed by atoms with Crippen molar-refractivity contribution in [3.63, 3.8) is 0 Å². The van der Waals surface area contributed by atoms with Gasteiger partial charge < -0.3 is 19.7 Å². The van der Waals surface area contributed by atoms with Crippen molar-refractivity contribution in [2.75, 3.05) is 6.61 Å². The Hall–Kier alpha value is -1.14. The van der Waals surface area contributed by atoms with Crippen molar-refractivity contribution in [3.05, 3.63) is 0 Å². The molecular formula is C30H50O6. The molecule has 4 rings (SSSR count). The van der Waals surface area contributed by atoms with Crippen LogP contribution >= 0.6 is 0 Å². The molecule has 0 aromatic carbocycles. The number of esters is 2. The number of rotatable bonds is 6. The number of aliphatic hydroxyl groups is 2. The Bertz CT molecular complexity index is 819. The highest BCUT2D eigenvalue weighted by Crippen LogP contribution is 2.68. The molecule has 10 atom stereocenters. The summed E-state index contributed by atoms with van der Waals surface area (Å²) in [6.45, 7) is 11.9. The minimum atomic E-state index is -0.604. The van der Waals surface area contributed by atoms with Crippen LogP contribution in [0, 0.1) is 46.3 Å². The van der Waals surface area contributed by atoms with Gasteiger partial charge in [0.05, 0.1) is 12.2 Å². The Morgan fingerprint density at radius 1 is 1.00 bits per heavy atom. The molecule has 0 heterocycles. The lowest BCUT2D eigenvalue weighted by molar-refractivity contribution is -0.201. The second-order valence-corrected chi connectivity index (χ2v) is 14.1. The normalized spacial score (nSPS) is 43.1. The van der Waals surface area contributed by atoms with E-state index >= 15 is 0 Å². The quantitative estimate of drug-likeness (QED) is 0.476. The van der Waals surface area contributed by atoms with Gasteiger partial charge in [0.1, 0.15) is 5.60 Å². The van der Waals surface area contributed by atoms with Gasteiger partial charge in [0.2, 0.25) is 0 Å². The highest BCUT2D eigenvalue weighted by molar-refractivity contribution is 5.76. The van der Waals surface area contributed by atoms with Gasteiger partial charge in [-0.2, -0.15) is 0 Å². The fourth-order valence-electron chi connectivity index (χ4n) is 9.32. The molecule has 0 spiro atoms. The first kappa shape index (κ1) is 27.9. The lowest BCUT2D eigenvalue weighted by atomic mass is 9.43. The van der Waals surface area contributed by atoms with Gasteiger partial charge in [0.25, 0.3) is 0 Å². The molecule has 6 heteroatoms. The fraction of sp³-hybridized carbons (Fsp3) is 0.933. The predicted octanol–water partition coefficient (Wildman–Crippen LogP) is 5.28. The molecule has 206 valence electrons. The van der Waals surface area contributed by atoms with Crippen LogP contribution in [0.15, 0.2) is 0 Å². The van der Waals surface area contributed by atoms with E-state index in [0.29, 0.717) is 30.1 Å². The second kappa shape index (κ2) is 10.2. The van der Waals surface area contributed by atoms with Crippen molar-refractivity contribution >= 4 is 11.9 Å². The maximum atomic E-state index is 12.3. The zero-order chi connectivity index (χ0) is 26.5. The second-order valence-electron chi connectivity index (χ2n) is 14.1. The molecule has 0 aromatic rings. The number of aliphatic hydroxyl groups excluding tert-OH is 2. The predicted molar refractivity (Wildman–Crippen MR) is 138 cm³/mol. The summed E-state index contributed by atoms with van der Waals surface area (Å²) in [6, 6.07) is 0. The topological polar surface area (TPSA) is 93.1 Å². The van der Waals surface area contributed by atoms with Gasteiger partial charge in [0, 0.05) is 6.42 Å². The highest BCUT2D eigenvalue weighted by atomic mass is 16.6. The number of hydrogen-bond acceptors (Lipinski definition) is 6. The van der Waals surface area contributed by atoms with E-state index in [4.69, 9.17) is 9.47 Å². The van der Waals surface area contributed by atoms with Crippen LogP contribution in [0.2, 0.25) is 0 Å². The highest BCUT2D eigenvalue weighted by Gasteiger charge is 2.65. The van der Waals surface area contributed by atoms with E-state index in [2.05, 4.69) is 20.8 Å². The molecule has 0 aromatic heterocycles. The van der Waals surface area contributed by atoms with Gasteiger partial charge in [-0.25, -0.2) is 4.79 Å². The van der Waals surface area contributed by atoms with Crippen molar-refractivity contribution in [2.45, 2.75) is 124 Å². The van der Waals surface area contributed by atoms with Crippen LogP contribution in [0.25, 0.3) is 0 Å². The van der Waals surface area contributed by atoms with E-state index in [1.54, 1.807) is 20.8 Å². The van der Waals surface area contributed by atoms with Crippen molar-refractivity contribution in [3.8, 4) is 0 Å². The van der Waals surface area contributed by atoms with Gasteiger partial charge >= 0.3 is 11.9 Å². The van der Waals surface area contributed by atoms with E-state index < -0.39 is 11.6 Å². The average molecular weight is 507 g/mol.